The van der Waals surface area contributed by atoms with Crippen molar-refractivity contribution in [1.82, 2.24) is 0 Å². The molecule has 1 aliphatic rings. The van der Waals surface area contributed by atoms with Crippen LogP contribution in [0.1, 0.15) is 19.3 Å². The molecule has 0 aromatic heterocycles. The van der Waals surface area contributed by atoms with Crippen LogP contribution in [0, 0.1) is 0 Å². The third kappa shape index (κ3) is 3.20. The zero-order chi connectivity index (χ0) is 4.24. The molecule has 42 valence electrons. The summed E-state index contributed by atoms with van der Waals surface area (Å²) in [6.07, 6.45) is 3.93. The first kappa shape index (κ1) is 7.60. The Labute approximate surface area is 57.5 Å². The van der Waals surface area contributed by atoms with Crippen LogP contribution in [0.15, 0.2) is 0 Å². The molecule has 1 saturated heterocycles. The summed E-state index contributed by atoms with van der Waals surface area (Å²) >= 11 is 0. The van der Waals surface area contributed by atoms with Crippen molar-refractivity contribution >= 4 is 19.8 Å². The number of hydrogen-bond acceptors (Lipinski definition) is 1. The van der Waals surface area contributed by atoms with Gasteiger partial charge in [0.1, 0.15) is 0 Å². The Morgan fingerprint density at radius 2 is 1.43 bits per heavy atom. The predicted molar refractivity (Wildman–Crippen MR) is 34.6 cm³/mol. The van der Waals surface area contributed by atoms with E-state index in [4.69, 9.17) is 4.74 Å². The summed E-state index contributed by atoms with van der Waals surface area (Å²) in [6, 6.07) is 0. The first-order valence-corrected chi connectivity index (χ1v) is 2.58. The fourth-order valence-electron chi connectivity index (χ4n) is 0.687. The number of rotatable bonds is 0. The van der Waals surface area contributed by atoms with Crippen molar-refractivity contribution in [3.05, 3.63) is 0 Å². The van der Waals surface area contributed by atoms with Gasteiger partial charge in [-0.25, -0.2) is 0 Å². The molecule has 0 amide bonds. The van der Waals surface area contributed by atoms with Crippen molar-refractivity contribution in [2.24, 2.45) is 0 Å². The normalized spacial score (nSPS) is 20.6. The molecule has 0 aliphatic carbocycles. The number of ether oxygens (including phenoxy) is 1. The van der Waals surface area contributed by atoms with Crippen LogP contribution in [0.3, 0.4) is 0 Å². The average Bonchev–Trinajstić information content (AvgIpc) is 1.72. The van der Waals surface area contributed by atoms with Crippen LogP contribution in [-0.4, -0.2) is 33.0 Å². The maximum atomic E-state index is 5.07. The van der Waals surface area contributed by atoms with E-state index >= 15 is 0 Å². The zero-order valence-electron chi connectivity index (χ0n) is 3.94. The number of hydrogen-bond donors (Lipinski definition) is 0. The van der Waals surface area contributed by atoms with Crippen molar-refractivity contribution in [3.63, 3.8) is 0 Å². The third-order valence-electron chi connectivity index (χ3n) is 1.08. The Bertz CT molecular complexity index is 23.6. The molecule has 1 heterocycles. The summed E-state index contributed by atoms with van der Waals surface area (Å²) in [6.45, 7) is 2.00. The monoisotopic (exact) mass is 158 g/mol. The molecule has 7 heavy (non-hydrogen) atoms. The van der Waals surface area contributed by atoms with Crippen molar-refractivity contribution in [1.29, 1.82) is 0 Å². The molecule has 0 spiro atoms. The molecule has 1 rings (SSSR count). The molecule has 0 unspecified atom stereocenters. The van der Waals surface area contributed by atoms with Gasteiger partial charge >= 0.3 is 19.8 Å². The van der Waals surface area contributed by atoms with E-state index in [1.807, 2.05) is 0 Å². The van der Waals surface area contributed by atoms with E-state index in [2.05, 4.69) is 0 Å². The van der Waals surface area contributed by atoms with E-state index in [9.17, 15) is 0 Å². The molecule has 1 aliphatic heterocycles. The quantitative estimate of drug-likeness (QED) is 0.452. The van der Waals surface area contributed by atoms with E-state index in [-0.39, 0.29) is 19.8 Å². The summed E-state index contributed by atoms with van der Waals surface area (Å²) in [5.74, 6) is 0. The Morgan fingerprint density at radius 1 is 0.857 bits per heavy atom. The second-order valence-corrected chi connectivity index (χ2v) is 1.67. The minimum absolute atomic E-state index is 0. The van der Waals surface area contributed by atoms with Gasteiger partial charge in [0.25, 0.3) is 0 Å². The van der Waals surface area contributed by atoms with Crippen molar-refractivity contribution in [3.8, 4) is 0 Å². The van der Waals surface area contributed by atoms with Crippen molar-refractivity contribution in [2.45, 2.75) is 19.3 Å². The summed E-state index contributed by atoms with van der Waals surface area (Å²) < 4.78 is 5.07. The molecule has 2 heteroatoms. The zero-order valence-corrected chi connectivity index (χ0v) is 3.94. The van der Waals surface area contributed by atoms with Crippen molar-refractivity contribution in [2.75, 3.05) is 13.2 Å². The summed E-state index contributed by atoms with van der Waals surface area (Å²) in [5, 5.41) is 0. The van der Waals surface area contributed by atoms with E-state index in [0.29, 0.717) is 0 Å². The van der Waals surface area contributed by atoms with Gasteiger partial charge in [-0.15, -0.1) is 0 Å². The molecule has 0 N–H and O–H groups in total. The van der Waals surface area contributed by atoms with Gasteiger partial charge in [-0.1, -0.05) is 0 Å². The molecule has 0 atom stereocenters. The Kier molecular flexibility index (Phi) is 5.15. The van der Waals surface area contributed by atoms with Gasteiger partial charge in [0.2, 0.25) is 0 Å². The van der Waals surface area contributed by atoms with Crippen LogP contribution in [0.5, 0.6) is 0 Å². The summed E-state index contributed by atoms with van der Waals surface area (Å²) in [5.41, 5.74) is 0. The van der Waals surface area contributed by atoms with E-state index in [1.165, 1.54) is 19.3 Å². The Balaban J connectivity index is 0.000000360. The summed E-state index contributed by atoms with van der Waals surface area (Å²) in [7, 11) is 0. The van der Waals surface area contributed by atoms with Crippen LogP contribution in [0.2, 0.25) is 0 Å². The van der Waals surface area contributed by atoms with E-state index in [0.717, 1.165) is 13.2 Å². The van der Waals surface area contributed by atoms with Gasteiger partial charge in [-0.2, -0.15) is 0 Å². The molecular formula is C5H13GaO. The molecule has 1 fully saturated rings. The molecule has 0 aromatic rings. The van der Waals surface area contributed by atoms with Crippen LogP contribution >= 0.6 is 0 Å². The molecule has 0 saturated carbocycles. The van der Waals surface area contributed by atoms with E-state index in [1.54, 1.807) is 0 Å². The standard InChI is InChI=1S/C5H10O.Ga.3H/c1-2-4-6-5-3-1;;;;/h1-5H2;;;;. The second kappa shape index (κ2) is 4.75. The molecule has 0 radical (unpaired) electrons. The molecule has 0 aromatic carbocycles. The van der Waals surface area contributed by atoms with Gasteiger partial charge in [0.15, 0.2) is 0 Å². The second-order valence-electron chi connectivity index (χ2n) is 1.67. The van der Waals surface area contributed by atoms with Gasteiger partial charge in [-0.3, -0.25) is 0 Å². The van der Waals surface area contributed by atoms with Gasteiger partial charge in [-0.05, 0) is 19.3 Å². The van der Waals surface area contributed by atoms with E-state index < -0.39 is 0 Å². The Morgan fingerprint density at radius 3 is 1.57 bits per heavy atom. The fraction of sp³-hybridized carbons (Fsp3) is 1.00. The Hall–Kier alpha value is 0.596. The van der Waals surface area contributed by atoms with Gasteiger partial charge in [0.05, 0.1) is 0 Å². The van der Waals surface area contributed by atoms with Crippen LogP contribution in [0.25, 0.3) is 0 Å². The maximum absolute atomic E-state index is 5.07. The first-order valence-electron chi connectivity index (χ1n) is 2.58. The van der Waals surface area contributed by atoms with Gasteiger partial charge < -0.3 is 4.74 Å². The van der Waals surface area contributed by atoms with Crippen LogP contribution < -0.4 is 0 Å². The third-order valence-corrected chi connectivity index (χ3v) is 1.08. The van der Waals surface area contributed by atoms with Crippen LogP contribution in [-0.2, 0) is 4.74 Å². The topological polar surface area (TPSA) is 9.23 Å². The van der Waals surface area contributed by atoms with Gasteiger partial charge in [0, 0.05) is 13.2 Å². The van der Waals surface area contributed by atoms with Crippen LogP contribution in [0.4, 0.5) is 0 Å². The average molecular weight is 159 g/mol. The predicted octanol–water partition coefficient (Wildman–Crippen LogP) is 0.00300. The molecule has 0 bridgehead atoms. The van der Waals surface area contributed by atoms with Crippen molar-refractivity contribution < 1.29 is 4.74 Å². The molecular weight excluding hydrogens is 146 g/mol. The fourth-order valence-corrected chi connectivity index (χ4v) is 0.687. The SMILES string of the molecule is C1CCOCC1.[GaH3]. The summed E-state index contributed by atoms with van der Waals surface area (Å²) in [4.78, 5) is 0. The molecule has 1 nitrogen and oxygen atoms in total. The first-order chi connectivity index (χ1) is 3.00. The minimum atomic E-state index is 0.